The third-order valence-electron chi connectivity index (χ3n) is 6.68. The number of rotatable bonds is 9. The predicted molar refractivity (Wildman–Crippen MR) is 206 cm³/mol. The van der Waals surface area contributed by atoms with E-state index in [1.807, 2.05) is 39.8 Å². The first-order chi connectivity index (χ1) is 23.0. The van der Waals surface area contributed by atoms with E-state index in [0.717, 1.165) is 21.2 Å². The quantitative estimate of drug-likeness (QED) is 0.110. The van der Waals surface area contributed by atoms with Crippen molar-refractivity contribution in [3.63, 3.8) is 0 Å². The molecule has 0 aliphatic carbocycles. The first-order valence-electron chi connectivity index (χ1n) is 15.7. The van der Waals surface area contributed by atoms with Crippen molar-refractivity contribution < 1.29 is 45.3 Å². The summed E-state index contributed by atoms with van der Waals surface area (Å²) in [5.74, 6) is 0.999. The smallest absolute Gasteiger partial charge is 0.330 e. The highest BCUT2D eigenvalue weighted by atomic mass is 79.9. The van der Waals surface area contributed by atoms with Gasteiger partial charge in [-0.2, -0.15) is 0 Å². The van der Waals surface area contributed by atoms with Crippen LogP contribution in [0.25, 0.3) is 5.57 Å². The number of methoxy groups -OCH3 is 3. The molecule has 0 spiro atoms. The highest BCUT2D eigenvalue weighted by Gasteiger charge is 2.20. The van der Waals surface area contributed by atoms with Crippen LogP contribution < -0.4 is 0 Å². The van der Waals surface area contributed by atoms with Gasteiger partial charge in [0.25, 0.3) is 0 Å². The van der Waals surface area contributed by atoms with Gasteiger partial charge in [-0.1, -0.05) is 95.2 Å². The molecule has 1 atom stereocenters. The van der Waals surface area contributed by atoms with Crippen LogP contribution in [0, 0.1) is 17.8 Å². The van der Waals surface area contributed by atoms with E-state index in [9.17, 15) is 24.6 Å². The zero-order chi connectivity index (χ0) is 37.5. The molecule has 0 heterocycles. The van der Waals surface area contributed by atoms with Crippen molar-refractivity contribution in [2.75, 3.05) is 21.3 Å². The Labute approximate surface area is 308 Å². The normalized spacial score (nSPS) is 11.1. The number of carbonyl (C=O) groups excluding carboxylic acids is 3. The summed E-state index contributed by atoms with van der Waals surface area (Å²) in [5.41, 5.74) is 2.86. The van der Waals surface area contributed by atoms with Gasteiger partial charge in [0.2, 0.25) is 0 Å². The van der Waals surface area contributed by atoms with Crippen LogP contribution >= 0.6 is 15.9 Å². The van der Waals surface area contributed by atoms with E-state index in [1.165, 1.54) is 33.5 Å². The average molecular weight is 762 g/mol. The van der Waals surface area contributed by atoms with E-state index in [-0.39, 0.29) is 50.1 Å². The third-order valence-corrected chi connectivity index (χ3v) is 7.21. The topological polar surface area (TPSA) is 140 Å². The van der Waals surface area contributed by atoms with Crippen molar-refractivity contribution in [2.24, 2.45) is 17.8 Å². The molecule has 0 radical (unpaired) electrons. The second-order valence-electron chi connectivity index (χ2n) is 11.6. The highest BCUT2D eigenvalue weighted by Crippen LogP contribution is 2.29. The molecule has 278 valence electrons. The van der Waals surface area contributed by atoms with Gasteiger partial charge < -0.3 is 29.5 Å². The Kier molecular flexibility index (Phi) is 25.0. The molecule has 1 unspecified atom stereocenters. The van der Waals surface area contributed by atoms with Crippen LogP contribution in [0.3, 0.4) is 0 Å². The van der Waals surface area contributed by atoms with Crippen molar-refractivity contribution >= 4 is 39.4 Å². The third kappa shape index (κ3) is 21.4. The number of ether oxygens (including phenoxy) is 3. The summed E-state index contributed by atoms with van der Waals surface area (Å²) in [6.07, 6.45) is 5.09. The van der Waals surface area contributed by atoms with Gasteiger partial charge in [-0.25, -0.2) is 9.59 Å². The Morgan fingerprint density at radius 2 is 1.14 bits per heavy atom. The minimum atomic E-state index is -0.364. The van der Waals surface area contributed by atoms with Gasteiger partial charge in [0.1, 0.15) is 17.2 Å². The summed E-state index contributed by atoms with van der Waals surface area (Å²) >= 11 is 3.23. The van der Waals surface area contributed by atoms with E-state index < -0.39 is 0 Å². The lowest BCUT2D eigenvalue weighted by atomic mass is 9.86. The number of allylic oxidation sites excluding steroid dienone is 2. The van der Waals surface area contributed by atoms with Crippen LogP contribution in [0.15, 0.2) is 95.5 Å². The number of hydrogen-bond acceptors (Lipinski definition) is 9. The number of halogens is 1. The van der Waals surface area contributed by atoms with E-state index in [1.54, 1.807) is 66.7 Å². The maximum absolute atomic E-state index is 11.3. The monoisotopic (exact) mass is 760 g/mol. The fourth-order valence-corrected chi connectivity index (χ4v) is 4.19. The summed E-state index contributed by atoms with van der Waals surface area (Å²) in [7, 11) is 4.12. The van der Waals surface area contributed by atoms with Crippen molar-refractivity contribution in [3.8, 4) is 17.2 Å². The zero-order valence-electron chi connectivity index (χ0n) is 29.8. The number of hydrogen-bond donors (Lipinski definition) is 3. The molecule has 3 aromatic rings. The van der Waals surface area contributed by atoms with Gasteiger partial charge in [-0.15, -0.1) is 0 Å². The zero-order valence-corrected chi connectivity index (χ0v) is 31.4. The SMILES string of the molecule is C.COC(=O)/C=C(/c1ccc(O)cc1)C(C)C.COC(=O)/C=C/C(C)C.COC(=O)CC(c1ccc(O)cc1)C(C)C.Oc1ccc(Br)cc1.[HH]. The summed E-state index contributed by atoms with van der Waals surface area (Å²) in [5, 5.41) is 27.1. The first-order valence-corrected chi connectivity index (χ1v) is 16.5. The number of benzene rings is 3. The molecule has 10 heteroatoms. The molecule has 9 nitrogen and oxygen atoms in total. The van der Waals surface area contributed by atoms with Gasteiger partial charge in [-0.3, -0.25) is 4.79 Å². The van der Waals surface area contributed by atoms with Gasteiger partial charge >= 0.3 is 17.9 Å². The molecule has 3 N–H and O–H groups in total. The molecule has 0 fully saturated rings. The first kappa shape index (κ1) is 47.5. The average Bonchev–Trinajstić information content (AvgIpc) is 3.07. The molecule has 3 aromatic carbocycles. The lowest BCUT2D eigenvalue weighted by Crippen LogP contribution is -2.13. The second-order valence-corrected chi connectivity index (χ2v) is 12.6. The molecule has 0 aromatic heterocycles. The Bertz CT molecular complexity index is 1430. The lowest BCUT2D eigenvalue weighted by molar-refractivity contribution is -0.141. The summed E-state index contributed by atoms with van der Waals surface area (Å²) in [6, 6.07) is 20.6. The molecule has 50 heavy (non-hydrogen) atoms. The molecule has 0 bridgehead atoms. The number of esters is 3. The minimum absolute atomic E-state index is 0. The molecule has 3 rings (SSSR count). The van der Waals surface area contributed by atoms with Crippen molar-refractivity contribution in [3.05, 3.63) is 107 Å². The summed E-state index contributed by atoms with van der Waals surface area (Å²) in [4.78, 5) is 32.9. The molecular formula is C40H57BrO9. The molecular weight excluding hydrogens is 704 g/mol. The van der Waals surface area contributed by atoms with Crippen LogP contribution in [-0.4, -0.2) is 54.6 Å². The van der Waals surface area contributed by atoms with Crippen LogP contribution in [0.4, 0.5) is 0 Å². The van der Waals surface area contributed by atoms with Crippen molar-refractivity contribution in [1.82, 2.24) is 0 Å². The second kappa shape index (κ2) is 26.3. The van der Waals surface area contributed by atoms with Crippen LogP contribution in [-0.2, 0) is 28.6 Å². The molecule has 0 saturated heterocycles. The van der Waals surface area contributed by atoms with Crippen LogP contribution in [0.5, 0.6) is 17.2 Å². The maximum Gasteiger partial charge on any atom is 0.330 e. The van der Waals surface area contributed by atoms with Gasteiger partial charge in [0, 0.05) is 18.1 Å². The molecule has 0 aliphatic rings. The number of aromatic hydroxyl groups is 3. The number of carbonyl (C=O) groups is 3. The molecule has 0 aliphatic heterocycles. The largest absolute Gasteiger partial charge is 0.508 e. The lowest BCUT2D eigenvalue weighted by Gasteiger charge is -2.20. The van der Waals surface area contributed by atoms with Crippen molar-refractivity contribution in [2.45, 2.75) is 61.3 Å². The predicted octanol–water partition coefficient (Wildman–Crippen LogP) is 9.71. The van der Waals surface area contributed by atoms with Crippen molar-refractivity contribution in [1.29, 1.82) is 0 Å². The van der Waals surface area contributed by atoms with Gasteiger partial charge in [-0.05, 0) is 88.9 Å². The minimum Gasteiger partial charge on any atom is -0.508 e. The maximum atomic E-state index is 11.3. The highest BCUT2D eigenvalue weighted by molar-refractivity contribution is 9.10. The fourth-order valence-electron chi connectivity index (χ4n) is 3.93. The van der Waals surface area contributed by atoms with E-state index >= 15 is 0 Å². The Morgan fingerprint density at radius 1 is 0.700 bits per heavy atom. The molecule has 0 saturated carbocycles. The Hall–Kier alpha value is -4.57. The molecule has 0 amide bonds. The van der Waals surface area contributed by atoms with Gasteiger partial charge in [0.05, 0.1) is 27.8 Å². The fraction of sp³-hybridized carbons (Fsp3) is 0.375. The number of phenolic OH excluding ortho intramolecular Hbond substituents is 3. The Morgan fingerprint density at radius 3 is 1.50 bits per heavy atom. The van der Waals surface area contributed by atoms with Crippen LogP contribution in [0.1, 0.15) is 73.9 Å². The van der Waals surface area contributed by atoms with E-state index in [0.29, 0.717) is 24.0 Å². The van der Waals surface area contributed by atoms with E-state index in [4.69, 9.17) is 5.11 Å². The van der Waals surface area contributed by atoms with Gasteiger partial charge in [0.15, 0.2) is 0 Å². The number of phenols is 3. The summed E-state index contributed by atoms with van der Waals surface area (Å²) < 4.78 is 14.7. The van der Waals surface area contributed by atoms with Crippen LogP contribution in [0.2, 0.25) is 0 Å². The van der Waals surface area contributed by atoms with E-state index in [2.05, 4.69) is 44.0 Å². The summed E-state index contributed by atoms with van der Waals surface area (Å²) in [6.45, 7) is 12.1. The Balaban J connectivity index is -0.000000620. The standard InChI is InChI=1S/C13H18O3.C13H16O3.C7H12O2.C6H5BrO.CH4.H2/c2*1-9(2)12(8-13(15)16-3)10-4-6-11(14)7-5-10;1-6(2)4-5-7(8)9-3;7-5-1-3-6(8)4-2-5;;/h4-7,9,12,14H,8H2,1-3H3;4-9,14H,1-3H3;4-6H,1-3H3;1-4,8H;1H4;1H/b;12-8+;5-4+;;;.